The van der Waals surface area contributed by atoms with Gasteiger partial charge in [-0.3, -0.25) is 0 Å². The predicted octanol–water partition coefficient (Wildman–Crippen LogP) is 2.54. The van der Waals surface area contributed by atoms with Crippen molar-refractivity contribution in [2.24, 2.45) is 0 Å². The molecule has 0 radical (unpaired) electrons. The summed E-state index contributed by atoms with van der Waals surface area (Å²) in [7, 11) is 4.18. The summed E-state index contributed by atoms with van der Waals surface area (Å²) in [5.74, 6) is -0.188. The maximum absolute atomic E-state index is 13.7. The molecule has 2 rings (SSSR count). The first-order valence-electron chi connectivity index (χ1n) is 6.15. The zero-order valence-electron chi connectivity index (χ0n) is 10.8. The molecule has 0 aliphatic carbocycles. The molecule has 0 aromatic heterocycles. The third-order valence-electron chi connectivity index (χ3n) is 3.54. The maximum Gasteiger partial charge on any atom is 0.138 e. The van der Waals surface area contributed by atoms with Gasteiger partial charge in [-0.1, -0.05) is 0 Å². The molecule has 100 valence electrons. The van der Waals surface area contributed by atoms with Crippen molar-refractivity contribution in [3.05, 3.63) is 21.5 Å². The molecule has 2 N–H and O–H groups in total. The molecule has 1 aliphatic rings. The number of nitrogens with two attached hydrogens (primary N) is 1. The number of benzene rings is 1. The van der Waals surface area contributed by atoms with Crippen molar-refractivity contribution in [3.8, 4) is 0 Å². The molecule has 3 nitrogen and oxygen atoms in total. The molecule has 1 aliphatic heterocycles. The number of rotatable bonds is 2. The van der Waals surface area contributed by atoms with Crippen molar-refractivity contribution in [1.82, 2.24) is 4.90 Å². The van der Waals surface area contributed by atoms with E-state index in [0.717, 1.165) is 25.2 Å². The van der Waals surface area contributed by atoms with Gasteiger partial charge in [-0.05, 0) is 55.6 Å². The standard InChI is InChI=1S/C13H19FIN3/c1-17(2)9-4-3-5-18(8-9)13-6-10(14)11(15)7-12(13)16/h6-7,9H,3-5,8,16H2,1-2H3. The lowest BCUT2D eigenvalue weighted by Gasteiger charge is -2.38. The minimum absolute atomic E-state index is 0.188. The summed E-state index contributed by atoms with van der Waals surface area (Å²) in [5.41, 5.74) is 7.52. The van der Waals surface area contributed by atoms with E-state index in [1.165, 1.54) is 6.42 Å². The molecule has 0 saturated carbocycles. The number of nitrogens with zero attached hydrogens (tertiary/aromatic N) is 2. The molecule has 1 atom stereocenters. The summed E-state index contributed by atoms with van der Waals surface area (Å²) in [6.45, 7) is 1.87. The van der Waals surface area contributed by atoms with Gasteiger partial charge in [-0.15, -0.1) is 0 Å². The van der Waals surface area contributed by atoms with Gasteiger partial charge in [-0.25, -0.2) is 4.39 Å². The van der Waals surface area contributed by atoms with Gasteiger partial charge in [0.05, 0.1) is 14.9 Å². The normalized spacial score (nSPS) is 20.5. The summed E-state index contributed by atoms with van der Waals surface area (Å²) in [6, 6.07) is 3.79. The molecule has 5 heteroatoms. The van der Waals surface area contributed by atoms with Crippen molar-refractivity contribution in [3.63, 3.8) is 0 Å². The van der Waals surface area contributed by atoms with Crippen LogP contribution < -0.4 is 10.6 Å². The Labute approximate surface area is 121 Å². The van der Waals surface area contributed by atoms with Crippen LogP contribution in [0, 0.1) is 9.39 Å². The highest BCUT2D eigenvalue weighted by Gasteiger charge is 2.23. The molecule has 0 bridgehead atoms. The number of hydrogen-bond acceptors (Lipinski definition) is 3. The van der Waals surface area contributed by atoms with Crippen LogP contribution in [0.15, 0.2) is 12.1 Å². The Hall–Kier alpha value is -0.560. The second-order valence-electron chi connectivity index (χ2n) is 5.03. The van der Waals surface area contributed by atoms with Crippen molar-refractivity contribution < 1.29 is 4.39 Å². The molecule has 0 amide bonds. The molecule has 0 spiro atoms. The first kappa shape index (κ1) is 13.9. The van der Waals surface area contributed by atoms with E-state index in [4.69, 9.17) is 5.73 Å². The summed E-state index contributed by atoms with van der Waals surface area (Å²) in [4.78, 5) is 4.42. The van der Waals surface area contributed by atoms with E-state index in [0.29, 0.717) is 15.3 Å². The number of likely N-dealkylation sites (N-methyl/N-ethyl adjacent to an activating group) is 1. The van der Waals surface area contributed by atoms with Crippen LogP contribution in [0.3, 0.4) is 0 Å². The zero-order valence-corrected chi connectivity index (χ0v) is 12.9. The molecule has 1 aromatic rings. The molecular formula is C13H19FIN3. The van der Waals surface area contributed by atoms with Gasteiger partial charge in [0.25, 0.3) is 0 Å². The van der Waals surface area contributed by atoms with E-state index in [9.17, 15) is 4.39 Å². The Morgan fingerprint density at radius 3 is 2.83 bits per heavy atom. The number of halogens is 2. The number of piperidine rings is 1. The molecule has 1 unspecified atom stereocenters. The molecule has 1 heterocycles. The van der Waals surface area contributed by atoms with Crippen LogP contribution in [0.2, 0.25) is 0 Å². The number of hydrogen-bond donors (Lipinski definition) is 1. The lowest BCUT2D eigenvalue weighted by molar-refractivity contribution is 0.258. The number of anilines is 2. The first-order valence-corrected chi connectivity index (χ1v) is 7.23. The van der Waals surface area contributed by atoms with Crippen LogP contribution in [0.4, 0.5) is 15.8 Å². The summed E-state index contributed by atoms with van der Waals surface area (Å²) in [5, 5.41) is 0. The number of nitrogen functional groups attached to an aromatic ring is 1. The minimum Gasteiger partial charge on any atom is -0.397 e. The van der Waals surface area contributed by atoms with Gasteiger partial charge < -0.3 is 15.5 Å². The van der Waals surface area contributed by atoms with Crippen LogP contribution in [-0.4, -0.2) is 38.1 Å². The molecular weight excluding hydrogens is 344 g/mol. The monoisotopic (exact) mass is 363 g/mol. The van der Waals surface area contributed by atoms with E-state index in [-0.39, 0.29) is 5.82 Å². The van der Waals surface area contributed by atoms with E-state index in [2.05, 4.69) is 23.9 Å². The van der Waals surface area contributed by atoms with E-state index in [1.807, 2.05) is 22.6 Å². The van der Waals surface area contributed by atoms with Gasteiger partial charge >= 0.3 is 0 Å². The van der Waals surface area contributed by atoms with E-state index < -0.39 is 0 Å². The van der Waals surface area contributed by atoms with E-state index >= 15 is 0 Å². The van der Waals surface area contributed by atoms with E-state index in [1.54, 1.807) is 12.1 Å². The highest BCUT2D eigenvalue weighted by molar-refractivity contribution is 14.1. The van der Waals surface area contributed by atoms with Crippen molar-refractivity contribution in [1.29, 1.82) is 0 Å². The lowest BCUT2D eigenvalue weighted by Crippen LogP contribution is -2.45. The molecule has 1 saturated heterocycles. The second-order valence-corrected chi connectivity index (χ2v) is 6.19. The fourth-order valence-corrected chi connectivity index (χ4v) is 2.91. The largest absolute Gasteiger partial charge is 0.397 e. The Balaban J connectivity index is 2.23. The Morgan fingerprint density at radius 2 is 2.17 bits per heavy atom. The van der Waals surface area contributed by atoms with Crippen LogP contribution >= 0.6 is 22.6 Å². The lowest BCUT2D eigenvalue weighted by atomic mass is 10.0. The van der Waals surface area contributed by atoms with Crippen molar-refractivity contribution in [2.45, 2.75) is 18.9 Å². The van der Waals surface area contributed by atoms with Crippen LogP contribution in [-0.2, 0) is 0 Å². The quantitative estimate of drug-likeness (QED) is 0.648. The molecule has 1 aromatic carbocycles. The van der Waals surface area contributed by atoms with Crippen LogP contribution in [0.1, 0.15) is 12.8 Å². The average Bonchev–Trinajstić information content (AvgIpc) is 2.34. The summed E-state index contributed by atoms with van der Waals surface area (Å²) >= 11 is 1.97. The first-order chi connectivity index (χ1) is 8.49. The second kappa shape index (κ2) is 5.61. The Morgan fingerprint density at radius 1 is 1.44 bits per heavy atom. The minimum atomic E-state index is -0.188. The van der Waals surface area contributed by atoms with Gasteiger partial charge in [0.2, 0.25) is 0 Å². The predicted molar refractivity (Wildman–Crippen MR) is 82.5 cm³/mol. The van der Waals surface area contributed by atoms with Gasteiger partial charge in [-0.2, -0.15) is 0 Å². The third-order valence-corrected chi connectivity index (χ3v) is 4.36. The molecule has 1 fully saturated rings. The average molecular weight is 363 g/mol. The maximum atomic E-state index is 13.7. The zero-order chi connectivity index (χ0) is 13.3. The van der Waals surface area contributed by atoms with Gasteiger partial charge in [0, 0.05) is 25.2 Å². The smallest absolute Gasteiger partial charge is 0.138 e. The fraction of sp³-hybridized carbons (Fsp3) is 0.538. The highest BCUT2D eigenvalue weighted by atomic mass is 127. The Kier molecular flexibility index (Phi) is 4.32. The van der Waals surface area contributed by atoms with Crippen molar-refractivity contribution in [2.75, 3.05) is 37.8 Å². The van der Waals surface area contributed by atoms with Gasteiger partial charge in [0.1, 0.15) is 5.82 Å². The fourth-order valence-electron chi connectivity index (χ4n) is 2.42. The van der Waals surface area contributed by atoms with Crippen LogP contribution in [0.5, 0.6) is 0 Å². The summed E-state index contributed by atoms with van der Waals surface area (Å²) in [6.07, 6.45) is 2.31. The SMILES string of the molecule is CN(C)C1CCCN(c2cc(F)c(I)cc2N)C1. The molecule has 18 heavy (non-hydrogen) atoms. The van der Waals surface area contributed by atoms with Crippen molar-refractivity contribution >= 4 is 34.0 Å². The highest BCUT2D eigenvalue weighted by Crippen LogP contribution is 2.30. The van der Waals surface area contributed by atoms with Gasteiger partial charge in [0.15, 0.2) is 0 Å². The third kappa shape index (κ3) is 2.88. The topological polar surface area (TPSA) is 32.5 Å². The van der Waals surface area contributed by atoms with Crippen LogP contribution in [0.25, 0.3) is 0 Å². The summed E-state index contributed by atoms with van der Waals surface area (Å²) < 4.78 is 14.2. The Bertz CT molecular complexity index is 436.